The summed E-state index contributed by atoms with van der Waals surface area (Å²) >= 11 is 2.91. The summed E-state index contributed by atoms with van der Waals surface area (Å²) in [4.78, 5) is 30.9. The van der Waals surface area contributed by atoms with E-state index in [1.54, 1.807) is 0 Å². The number of ether oxygens (including phenoxy) is 1. The van der Waals surface area contributed by atoms with Crippen molar-refractivity contribution < 1.29 is 19.4 Å². The molecule has 1 rings (SSSR count). The molecule has 0 bridgehead atoms. The molecular weight excluding hydrogens is 300 g/mol. The number of nitro groups is 2. The van der Waals surface area contributed by atoms with Crippen LogP contribution in [0, 0.1) is 20.2 Å². The molecule has 1 aromatic carbocycles. The van der Waals surface area contributed by atoms with Crippen molar-refractivity contribution in [3.63, 3.8) is 0 Å². The van der Waals surface area contributed by atoms with Crippen molar-refractivity contribution in [1.29, 1.82) is 0 Å². The first-order chi connectivity index (χ1) is 7.90. The van der Waals surface area contributed by atoms with Crippen LogP contribution in [0.15, 0.2) is 16.6 Å². The highest BCUT2D eigenvalue weighted by atomic mass is 79.9. The van der Waals surface area contributed by atoms with Gasteiger partial charge in [-0.2, -0.15) is 0 Å². The molecule has 17 heavy (non-hydrogen) atoms. The molecule has 0 aliphatic carbocycles. The van der Waals surface area contributed by atoms with Gasteiger partial charge in [-0.3, -0.25) is 20.2 Å². The molecular formula is C8H5BrN2O6. The van der Waals surface area contributed by atoms with Crippen molar-refractivity contribution in [2.75, 3.05) is 7.11 Å². The lowest BCUT2D eigenvalue weighted by Gasteiger charge is -2.03. The van der Waals surface area contributed by atoms with Crippen LogP contribution in [0.4, 0.5) is 11.4 Å². The maximum Gasteiger partial charge on any atom is 0.361 e. The average molecular weight is 305 g/mol. The minimum absolute atomic E-state index is 0.0571. The Balaban J connectivity index is 3.66. The number of halogens is 1. The first-order valence-corrected chi connectivity index (χ1v) is 4.89. The molecule has 0 fully saturated rings. The summed E-state index contributed by atoms with van der Waals surface area (Å²) in [6.07, 6.45) is 0. The molecule has 9 heteroatoms. The summed E-state index contributed by atoms with van der Waals surface area (Å²) in [5.41, 5.74) is -2.14. The fourth-order valence-electron chi connectivity index (χ4n) is 1.18. The number of nitro benzene ring substituents is 2. The lowest BCUT2D eigenvalue weighted by molar-refractivity contribution is -0.422. The van der Waals surface area contributed by atoms with Gasteiger partial charge < -0.3 is 4.74 Å². The summed E-state index contributed by atoms with van der Waals surface area (Å²) < 4.78 is 4.40. The summed E-state index contributed by atoms with van der Waals surface area (Å²) in [7, 11) is 1.03. The second-order valence-electron chi connectivity index (χ2n) is 2.80. The molecule has 8 nitrogen and oxygen atoms in total. The van der Waals surface area contributed by atoms with Gasteiger partial charge in [0.15, 0.2) is 5.56 Å². The van der Waals surface area contributed by atoms with Crippen molar-refractivity contribution in [1.82, 2.24) is 0 Å². The number of methoxy groups -OCH3 is 1. The number of carbonyl (C=O) groups is 1. The van der Waals surface area contributed by atoms with Crippen molar-refractivity contribution in [2.24, 2.45) is 0 Å². The van der Waals surface area contributed by atoms with Gasteiger partial charge in [0.25, 0.3) is 0 Å². The van der Waals surface area contributed by atoms with Gasteiger partial charge in [0, 0.05) is 10.5 Å². The Hall–Kier alpha value is -2.03. The average Bonchev–Trinajstić information content (AvgIpc) is 2.26. The van der Waals surface area contributed by atoms with Gasteiger partial charge in [-0.15, -0.1) is 0 Å². The molecule has 0 aliphatic heterocycles. The number of rotatable bonds is 3. The van der Waals surface area contributed by atoms with Gasteiger partial charge in [0.05, 0.1) is 17.0 Å². The Morgan fingerprint density at radius 3 is 2.29 bits per heavy atom. The third kappa shape index (κ3) is 2.38. The zero-order chi connectivity index (χ0) is 13.2. The van der Waals surface area contributed by atoms with Crippen LogP contribution < -0.4 is 0 Å². The number of esters is 1. The number of hydrogen-bond donors (Lipinski definition) is 0. The first-order valence-electron chi connectivity index (χ1n) is 4.09. The maximum atomic E-state index is 11.4. The fourth-order valence-corrected chi connectivity index (χ4v) is 1.67. The molecule has 0 aromatic heterocycles. The standard InChI is InChI=1S/C8H5BrN2O6/c1-17-8(12)6-4(9)2-3-5(10(13)14)7(6)11(15)16/h2-3H,1H3. The monoisotopic (exact) mass is 304 g/mol. The van der Waals surface area contributed by atoms with Gasteiger partial charge >= 0.3 is 17.3 Å². The molecule has 1 aromatic rings. The van der Waals surface area contributed by atoms with Crippen LogP contribution in [0.1, 0.15) is 10.4 Å². The van der Waals surface area contributed by atoms with E-state index in [1.807, 2.05) is 0 Å². The molecule has 0 heterocycles. The van der Waals surface area contributed by atoms with Crippen LogP contribution in [0.25, 0.3) is 0 Å². The zero-order valence-corrected chi connectivity index (χ0v) is 9.96. The van der Waals surface area contributed by atoms with Crippen molar-refractivity contribution in [3.05, 3.63) is 42.4 Å². The van der Waals surface area contributed by atoms with Crippen LogP contribution in [-0.4, -0.2) is 22.9 Å². The highest BCUT2D eigenvalue weighted by molar-refractivity contribution is 9.10. The van der Waals surface area contributed by atoms with Crippen LogP contribution in [0.3, 0.4) is 0 Å². The Morgan fingerprint density at radius 2 is 1.88 bits per heavy atom. The number of benzene rings is 1. The van der Waals surface area contributed by atoms with E-state index < -0.39 is 32.8 Å². The lowest BCUT2D eigenvalue weighted by atomic mass is 10.1. The molecule has 0 spiro atoms. The van der Waals surface area contributed by atoms with Crippen molar-refractivity contribution >= 4 is 33.3 Å². The number of hydrogen-bond acceptors (Lipinski definition) is 6. The summed E-state index contributed by atoms with van der Waals surface area (Å²) in [6.45, 7) is 0. The van der Waals surface area contributed by atoms with Crippen molar-refractivity contribution in [2.45, 2.75) is 0 Å². The van der Waals surface area contributed by atoms with Gasteiger partial charge in [-0.1, -0.05) is 0 Å². The molecule has 0 aliphatic rings. The SMILES string of the molecule is COC(=O)c1c(Br)ccc([N+](=O)[O-])c1[N+](=O)[O-]. The summed E-state index contributed by atoms with van der Waals surface area (Å²) in [5, 5.41) is 21.4. The van der Waals surface area contributed by atoms with E-state index in [9.17, 15) is 25.0 Å². The first kappa shape index (κ1) is 13.0. The predicted molar refractivity (Wildman–Crippen MR) is 58.8 cm³/mol. The van der Waals surface area contributed by atoms with E-state index in [4.69, 9.17) is 0 Å². The molecule has 0 N–H and O–H groups in total. The fraction of sp³-hybridized carbons (Fsp3) is 0.125. The number of carbonyl (C=O) groups excluding carboxylic acids is 1. The molecule has 0 amide bonds. The lowest BCUT2D eigenvalue weighted by Crippen LogP contribution is -2.09. The minimum atomic E-state index is -1.02. The molecule has 0 unspecified atom stereocenters. The van der Waals surface area contributed by atoms with Crippen LogP contribution >= 0.6 is 15.9 Å². The second-order valence-corrected chi connectivity index (χ2v) is 3.65. The Morgan fingerprint density at radius 1 is 1.29 bits per heavy atom. The van der Waals surface area contributed by atoms with Crippen molar-refractivity contribution in [3.8, 4) is 0 Å². The molecule has 0 saturated heterocycles. The van der Waals surface area contributed by atoms with E-state index in [0.717, 1.165) is 13.2 Å². The summed E-state index contributed by atoms with van der Waals surface area (Å²) in [5.74, 6) is -1.02. The van der Waals surface area contributed by atoms with Gasteiger partial charge in [-0.05, 0) is 22.0 Å². The minimum Gasteiger partial charge on any atom is -0.465 e. The predicted octanol–water partition coefficient (Wildman–Crippen LogP) is 2.05. The van der Waals surface area contributed by atoms with E-state index in [2.05, 4.69) is 20.7 Å². The van der Waals surface area contributed by atoms with E-state index in [-0.39, 0.29) is 4.47 Å². The second kappa shape index (κ2) is 4.87. The van der Waals surface area contributed by atoms with Gasteiger partial charge in [-0.25, -0.2) is 4.79 Å². The quantitative estimate of drug-likeness (QED) is 0.480. The van der Waals surface area contributed by atoms with E-state index >= 15 is 0 Å². The van der Waals surface area contributed by atoms with Gasteiger partial charge in [0.1, 0.15) is 0 Å². The van der Waals surface area contributed by atoms with E-state index in [0.29, 0.717) is 0 Å². The Labute approximate surface area is 103 Å². The molecule has 0 saturated carbocycles. The maximum absolute atomic E-state index is 11.4. The van der Waals surface area contributed by atoms with Crippen LogP contribution in [0.5, 0.6) is 0 Å². The Kier molecular flexibility index (Phi) is 3.73. The highest BCUT2D eigenvalue weighted by Gasteiger charge is 2.34. The molecule has 0 atom stereocenters. The molecule has 0 radical (unpaired) electrons. The topological polar surface area (TPSA) is 113 Å². The highest BCUT2D eigenvalue weighted by Crippen LogP contribution is 2.35. The third-order valence-corrected chi connectivity index (χ3v) is 2.54. The Bertz CT molecular complexity index is 515. The third-order valence-electron chi connectivity index (χ3n) is 1.87. The largest absolute Gasteiger partial charge is 0.465 e. The molecule has 90 valence electrons. The zero-order valence-electron chi connectivity index (χ0n) is 8.38. The van der Waals surface area contributed by atoms with Gasteiger partial charge in [0.2, 0.25) is 0 Å². The smallest absolute Gasteiger partial charge is 0.361 e. The summed E-state index contributed by atoms with van der Waals surface area (Å²) in [6, 6.07) is 2.12. The normalized spacial score (nSPS) is 9.76. The number of nitrogens with zero attached hydrogens (tertiary/aromatic N) is 2. The van der Waals surface area contributed by atoms with E-state index in [1.165, 1.54) is 6.07 Å². The van der Waals surface area contributed by atoms with Crippen LogP contribution in [0.2, 0.25) is 0 Å². The van der Waals surface area contributed by atoms with Crippen LogP contribution in [-0.2, 0) is 4.74 Å².